The average molecular weight is 366 g/mol. The molecule has 3 rings (SSSR count). The van der Waals surface area contributed by atoms with Crippen molar-refractivity contribution in [3.8, 4) is 17.7 Å². The Morgan fingerprint density at radius 1 is 1.33 bits per heavy atom. The van der Waals surface area contributed by atoms with Crippen LogP contribution in [0.15, 0.2) is 29.1 Å². The van der Waals surface area contributed by atoms with Crippen LogP contribution in [-0.4, -0.2) is 22.1 Å². The second kappa shape index (κ2) is 7.67. The first-order valence-corrected chi connectivity index (χ1v) is 9.15. The predicted octanol–water partition coefficient (Wildman–Crippen LogP) is 3.48. The molecule has 0 unspecified atom stereocenters. The largest absolute Gasteiger partial charge is 0.494 e. The van der Waals surface area contributed by atoms with Crippen LogP contribution in [0.3, 0.4) is 0 Å². The molecule has 0 amide bonds. The van der Waals surface area contributed by atoms with Gasteiger partial charge in [0.15, 0.2) is 0 Å². The highest BCUT2D eigenvalue weighted by atomic mass is 16.5. The number of rotatable bonds is 5. The van der Waals surface area contributed by atoms with Gasteiger partial charge in [-0.2, -0.15) is 5.26 Å². The Bertz CT molecular complexity index is 979. The number of para-hydroxylation sites is 1. The first-order chi connectivity index (χ1) is 13.0. The summed E-state index contributed by atoms with van der Waals surface area (Å²) in [6, 6.07) is 8.48. The molecule has 140 valence electrons. The van der Waals surface area contributed by atoms with Gasteiger partial charge >= 0.3 is 0 Å². The zero-order valence-electron chi connectivity index (χ0n) is 15.5. The summed E-state index contributed by atoms with van der Waals surface area (Å²) in [7, 11) is 0. The molecule has 1 aliphatic rings. The molecular weight excluding hydrogens is 344 g/mol. The summed E-state index contributed by atoms with van der Waals surface area (Å²) in [6.45, 7) is 3.73. The van der Waals surface area contributed by atoms with Crippen molar-refractivity contribution in [2.45, 2.75) is 45.6 Å². The first kappa shape index (κ1) is 18.7. The molecule has 1 heterocycles. The molecule has 0 aliphatic heterocycles. The Morgan fingerprint density at radius 2 is 2.00 bits per heavy atom. The number of nitrogens with zero attached hydrogens (tertiary/aromatic N) is 2. The number of aromatic hydroxyl groups is 1. The van der Waals surface area contributed by atoms with Gasteiger partial charge in [-0.15, -0.1) is 0 Å². The van der Waals surface area contributed by atoms with E-state index in [1.165, 1.54) is 11.5 Å². The fourth-order valence-electron chi connectivity index (χ4n) is 3.77. The van der Waals surface area contributed by atoms with E-state index in [1.54, 1.807) is 24.3 Å². The molecule has 2 aromatic rings. The molecule has 0 atom stereocenters. The summed E-state index contributed by atoms with van der Waals surface area (Å²) in [5.74, 6) is -0.419. The SMILES string of the molecule is CCOc1ccccc1C(=O)c1c(C)c(C#N)c(=O)n(C2CCCC2)c1O. The van der Waals surface area contributed by atoms with E-state index in [1.807, 2.05) is 13.0 Å². The van der Waals surface area contributed by atoms with Gasteiger partial charge in [-0.05, 0) is 44.4 Å². The Morgan fingerprint density at radius 3 is 2.63 bits per heavy atom. The Hall–Kier alpha value is -3.07. The predicted molar refractivity (Wildman–Crippen MR) is 100 cm³/mol. The Kier molecular flexibility index (Phi) is 5.31. The third kappa shape index (κ3) is 3.21. The molecule has 0 radical (unpaired) electrons. The summed E-state index contributed by atoms with van der Waals surface area (Å²) < 4.78 is 6.76. The van der Waals surface area contributed by atoms with E-state index in [-0.39, 0.29) is 28.6 Å². The quantitative estimate of drug-likeness (QED) is 0.818. The molecule has 0 saturated heterocycles. The molecule has 1 aliphatic carbocycles. The van der Waals surface area contributed by atoms with Gasteiger partial charge in [0.25, 0.3) is 5.56 Å². The number of aromatic nitrogens is 1. The molecule has 0 spiro atoms. The molecule has 6 nitrogen and oxygen atoms in total. The van der Waals surface area contributed by atoms with E-state index in [2.05, 4.69) is 0 Å². The maximum atomic E-state index is 13.3. The number of hydrogen-bond acceptors (Lipinski definition) is 5. The number of carbonyl (C=O) groups is 1. The summed E-state index contributed by atoms with van der Waals surface area (Å²) >= 11 is 0. The van der Waals surface area contributed by atoms with Gasteiger partial charge in [0.2, 0.25) is 11.7 Å². The van der Waals surface area contributed by atoms with Crippen LogP contribution >= 0.6 is 0 Å². The number of ketones is 1. The maximum absolute atomic E-state index is 13.3. The molecule has 0 bridgehead atoms. The van der Waals surface area contributed by atoms with Crippen LogP contribution < -0.4 is 10.3 Å². The van der Waals surface area contributed by atoms with Crippen LogP contribution in [0, 0.1) is 18.3 Å². The number of nitriles is 1. The fourth-order valence-corrected chi connectivity index (χ4v) is 3.77. The Labute approximate surface area is 157 Å². The molecule has 6 heteroatoms. The summed E-state index contributed by atoms with van der Waals surface area (Å²) in [5, 5.41) is 20.4. The number of hydrogen-bond donors (Lipinski definition) is 1. The highest BCUT2D eigenvalue weighted by Crippen LogP contribution is 2.35. The zero-order chi connectivity index (χ0) is 19.6. The highest BCUT2D eigenvalue weighted by Gasteiger charge is 2.30. The standard InChI is InChI=1S/C21H22N2O4/c1-3-27-17-11-7-6-10-15(17)19(24)18-13(2)16(12-22)20(25)23(21(18)26)14-8-4-5-9-14/h6-7,10-11,14,26H,3-5,8-9H2,1-2H3. The van der Waals surface area contributed by atoms with Crippen molar-refractivity contribution in [3.63, 3.8) is 0 Å². The zero-order valence-corrected chi connectivity index (χ0v) is 15.5. The van der Waals surface area contributed by atoms with Crippen LogP contribution in [0.4, 0.5) is 0 Å². The van der Waals surface area contributed by atoms with Crippen molar-refractivity contribution in [1.82, 2.24) is 4.57 Å². The maximum Gasteiger partial charge on any atom is 0.271 e. The van der Waals surface area contributed by atoms with Crippen LogP contribution in [0.5, 0.6) is 11.6 Å². The molecule has 1 N–H and O–H groups in total. The van der Waals surface area contributed by atoms with Gasteiger partial charge < -0.3 is 9.84 Å². The average Bonchev–Trinajstić information content (AvgIpc) is 3.17. The number of carbonyl (C=O) groups excluding carboxylic acids is 1. The van der Waals surface area contributed by atoms with Crippen LogP contribution in [0.1, 0.15) is 65.7 Å². The van der Waals surface area contributed by atoms with Crippen molar-refractivity contribution < 1.29 is 14.6 Å². The van der Waals surface area contributed by atoms with Crippen molar-refractivity contribution in [3.05, 3.63) is 56.9 Å². The second-order valence-corrected chi connectivity index (χ2v) is 6.68. The lowest BCUT2D eigenvalue weighted by Crippen LogP contribution is -2.29. The third-order valence-electron chi connectivity index (χ3n) is 5.09. The normalized spacial score (nSPS) is 14.1. The molecule has 1 fully saturated rings. The minimum absolute atomic E-state index is 0.00907. The molecular formula is C21H22N2O4. The van der Waals surface area contributed by atoms with Gasteiger partial charge in [0.05, 0.1) is 17.7 Å². The van der Waals surface area contributed by atoms with Crippen molar-refractivity contribution in [1.29, 1.82) is 5.26 Å². The minimum Gasteiger partial charge on any atom is -0.494 e. The van der Waals surface area contributed by atoms with E-state index in [0.29, 0.717) is 17.9 Å². The van der Waals surface area contributed by atoms with Gasteiger partial charge in [-0.25, -0.2) is 0 Å². The van der Waals surface area contributed by atoms with Crippen molar-refractivity contribution in [2.75, 3.05) is 6.61 Å². The highest BCUT2D eigenvalue weighted by molar-refractivity contribution is 6.13. The van der Waals surface area contributed by atoms with Gasteiger partial charge in [0.1, 0.15) is 17.4 Å². The summed E-state index contributed by atoms with van der Waals surface area (Å²) in [6.07, 6.45) is 3.38. The van der Waals surface area contributed by atoms with Gasteiger partial charge in [-0.1, -0.05) is 25.0 Å². The fraction of sp³-hybridized carbons (Fsp3) is 0.381. The van der Waals surface area contributed by atoms with E-state index >= 15 is 0 Å². The van der Waals surface area contributed by atoms with E-state index in [9.17, 15) is 20.0 Å². The van der Waals surface area contributed by atoms with Crippen LogP contribution in [-0.2, 0) is 0 Å². The lowest BCUT2D eigenvalue weighted by molar-refractivity contribution is 0.103. The molecule has 1 aromatic heterocycles. The van der Waals surface area contributed by atoms with Crippen LogP contribution in [0.25, 0.3) is 0 Å². The summed E-state index contributed by atoms with van der Waals surface area (Å²) in [4.78, 5) is 26.0. The monoisotopic (exact) mass is 366 g/mol. The molecule has 1 aromatic carbocycles. The lowest BCUT2D eigenvalue weighted by atomic mass is 9.96. The van der Waals surface area contributed by atoms with Crippen LogP contribution in [0.2, 0.25) is 0 Å². The first-order valence-electron chi connectivity index (χ1n) is 9.15. The third-order valence-corrected chi connectivity index (χ3v) is 5.09. The smallest absolute Gasteiger partial charge is 0.271 e. The minimum atomic E-state index is -0.533. The molecule has 27 heavy (non-hydrogen) atoms. The molecule has 1 saturated carbocycles. The summed E-state index contributed by atoms with van der Waals surface area (Å²) in [5.41, 5.74) is -0.153. The number of ether oxygens (including phenoxy) is 1. The topological polar surface area (TPSA) is 92.3 Å². The number of benzene rings is 1. The van der Waals surface area contributed by atoms with Gasteiger partial charge in [-0.3, -0.25) is 14.2 Å². The van der Waals surface area contributed by atoms with Crippen molar-refractivity contribution in [2.24, 2.45) is 0 Å². The van der Waals surface area contributed by atoms with Crippen molar-refractivity contribution >= 4 is 5.78 Å². The Balaban J connectivity index is 2.24. The number of pyridine rings is 1. The van der Waals surface area contributed by atoms with Gasteiger partial charge in [0, 0.05) is 6.04 Å². The van der Waals surface area contributed by atoms with E-state index in [4.69, 9.17) is 4.74 Å². The van der Waals surface area contributed by atoms with E-state index in [0.717, 1.165) is 25.7 Å². The van der Waals surface area contributed by atoms with E-state index < -0.39 is 11.3 Å². The lowest BCUT2D eigenvalue weighted by Gasteiger charge is -2.20. The second-order valence-electron chi connectivity index (χ2n) is 6.68.